The predicted molar refractivity (Wildman–Crippen MR) is 88.8 cm³/mol. The molecule has 0 aliphatic heterocycles. The second-order valence-corrected chi connectivity index (χ2v) is 5.65. The molecule has 2 aromatic carbocycles. The number of carboxylic acids is 1. The smallest absolute Gasteiger partial charge is 0.355 e. The minimum absolute atomic E-state index is 0.0534. The van der Waals surface area contributed by atoms with Gasteiger partial charge in [-0.25, -0.2) is 9.78 Å². The topological polar surface area (TPSA) is 79.7 Å². The third-order valence-electron chi connectivity index (χ3n) is 3.33. The lowest BCUT2D eigenvalue weighted by Gasteiger charge is -2.11. The fraction of sp³-hybridized carbons (Fsp3) is 0.0588. The Labute approximate surface area is 140 Å². The summed E-state index contributed by atoms with van der Waals surface area (Å²) in [5.41, 5.74) is 1.02. The van der Waals surface area contributed by atoms with Gasteiger partial charge < -0.3 is 14.9 Å². The van der Waals surface area contributed by atoms with E-state index in [0.717, 1.165) is 5.56 Å². The SMILES string of the molecule is O=C(O)c1nc2c(OCc3ccccc3)cccc2c(O)c1Br. The molecule has 0 aliphatic carbocycles. The maximum atomic E-state index is 11.3. The van der Waals surface area contributed by atoms with Crippen molar-refractivity contribution in [3.8, 4) is 11.5 Å². The van der Waals surface area contributed by atoms with Gasteiger partial charge >= 0.3 is 5.97 Å². The molecule has 3 aromatic rings. The summed E-state index contributed by atoms with van der Waals surface area (Å²) in [4.78, 5) is 15.4. The number of carbonyl (C=O) groups is 1. The summed E-state index contributed by atoms with van der Waals surface area (Å²) in [5.74, 6) is -0.985. The lowest BCUT2D eigenvalue weighted by atomic mass is 10.1. The number of para-hydroxylation sites is 1. The zero-order valence-electron chi connectivity index (χ0n) is 11.9. The minimum atomic E-state index is -1.23. The van der Waals surface area contributed by atoms with Gasteiger partial charge in [0.1, 0.15) is 23.6 Å². The first-order valence-corrected chi connectivity index (χ1v) is 7.58. The van der Waals surface area contributed by atoms with Crippen molar-refractivity contribution in [1.29, 1.82) is 0 Å². The predicted octanol–water partition coefficient (Wildman–Crippen LogP) is 3.98. The highest BCUT2D eigenvalue weighted by Crippen LogP contribution is 2.37. The van der Waals surface area contributed by atoms with Gasteiger partial charge in [0.25, 0.3) is 0 Å². The molecular weight excluding hydrogens is 362 g/mol. The van der Waals surface area contributed by atoms with Crippen LogP contribution in [0, 0.1) is 0 Å². The molecule has 23 heavy (non-hydrogen) atoms. The highest BCUT2D eigenvalue weighted by molar-refractivity contribution is 9.10. The molecule has 0 spiro atoms. The zero-order chi connectivity index (χ0) is 16.4. The molecule has 1 aromatic heterocycles. The number of aromatic hydroxyl groups is 1. The first-order chi connectivity index (χ1) is 11.1. The number of aromatic nitrogens is 1. The minimum Gasteiger partial charge on any atom is -0.506 e. The fourth-order valence-corrected chi connectivity index (χ4v) is 2.69. The third kappa shape index (κ3) is 2.98. The molecular formula is C17H12BrNO4. The van der Waals surface area contributed by atoms with Gasteiger partial charge in [-0.3, -0.25) is 0 Å². The molecule has 5 nitrogen and oxygen atoms in total. The van der Waals surface area contributed by atoms with Crippen LogP contribution in [-0.2, 0) is 6.61 Å². The second kappa shape index (κ2) is 6.26. The molecule has 0 aliphatic rings. The van der Waals surface area contributed by atoms with E-state index in [0.29, 0.717) is 23.3 Å². The molecule has 116 valence electrons. The van der Waals surface area contributed by atoms with Crippen LogP contribution in [0.3, 0.4) is 0 Å². The average molecular weight is 374 g/mol. The van der Waals surface area contributed by atoms with E-state index in [1.807, 2.05) is 30.3 Å². The number of hydrogen-bond donors (Lipinski definition) is 2. The van der Waals surface area contributed by atoms with E-state index in [2.05, 4.69) is 20.9 Å². The lowest BCUT2D eigenvalue weighted by Crippen LogP contribution is -2.04. The quantitative estimate of drug-likeness (QED) is 0.722. The Balaban J connectivity index is 2.05. The van der Waals surface area contributed by atoms with Crippen LogP contribution in [0.5, 0.6) is 11.5 Å². The van der Waals surface area contributed by atoms with E-state index >= 15 is 0 Å². The number of fused-ring (bicyclic) bond motifs is 1. The molecule has 0 saturated carbocycles. The second-order valence-electron chi connectivity index (χ2n) is 4.85. The van der Waals surface area contributed by atoms with Gasteiger partial charge in [-0.1, -0.05) is 36.4 Å². The number of halogens is 1. The average Bonchev–Trinajstić information content (AvgIpc) is 2.56. The molecule has 0 saturated heterocycles. The van der Waals surface area contributed by atoms with Gasteiger partial charge in [0.15, 0.2) is 5.69 Å². The summed E-state index contributed by atoms with van der Waals surface area (Å²) in [6.07, 6.45) is 0. The van der Waals surface area contributed by atoms with Gasteiger partial charge in [-0.05, 0) is 33.6 Å². The van der Waals surface area contributed by atoms with Gasteiger partial charge in [-0.2, -0.15) is 0 Å². The van der Waals surface area contributed by atoms with Gasteiger partial charge in [0.05, 0.1) is 4.47 Å². The molecule has 2 N–H and O–H groups in total. The summed E-state index contributed by atoms with van der Waals surface area (Å²) in [6.45, 7) is 0.320. The van der Waals surface area contributed by atoms with Crippen molar-refractivity contribution in [2.75, 3.05) is 0 Å². The molecule has 0 atom stereocenters. The Morgan fingerprint density at radius 1 is 1.13 bits per heavy atom. The van der Waals surface area contributed by atoms with E-state index in [4.69, 9.17) is 4.74 Å². The van der Waals surface area contributed by atoms with Crippen LogP contribution in [0.25, 0.3) is 10.9 Å². The highest BCUT2D eigenvalue weighted by atomic mass is 79.9. The maximum absolute atomic E-state index is 11.3. The Bertz CT molecular complexity index is 881. The number of pyridine rings is 1. The summed E-state index contributed by atoms with van der Waals surface area (Å²) in [6, 6.07) is 14.6. The highest BCUT2D eigenvalue weighted by Gasteiger charge is 2.19. The van der Waals surface area contributed by atoms with Crippen LogP contribution in [-0.4, -0.2) is 21.2 Å². The monoisotopic (exact) mass is 373 g/mol. The van der Waals surface area contributed by atoms with Crippen LogP contribution in [0.1, 0.15) is 16.1 Å². The molecule has 1 heterocycles. The summed E-state index contributed by atoms with van der Waals surface area (Å²) < 4.78 is 5.81. The standard InChI is InChI=1S/C17H12BrNO4/c18-13-15(17(21)22)19-14-11(16(13)20)7-4-8-12(14)23-9-10-5-2-1-3-6-10/h1-8H,9H2,(H,19,20)(H,21,22). The van der Waals surface area contributed by atoms with E-state index in [1.54, 1.807) is 18.2 Å². The largest absolute Gasteiger partial charge is 0.506 e. The van der Waals surface area contributed by atoms with E-state index in [1.165, 1.54) is 0 Å². The Morgan fingerprint density at radius 3 is 2.57 bits per heavy atom. The van der Waals surface area contributed by atoms with Crippen molar-refractivity contribution in [1.82, 2.24) is 4.98 Å². The maximum Gasteiger partial charge on any atom is 0.355 e. The molecule has 3 rings (SSSR count). The van der Waals surface area contributed by atoms with Crippen molar-refractivity contribution < 1.29 is 19.7 Å². The van der Waals surface area contributed by atoms with Crippen molar-refractivity contribution in [3.05, 3.63) is 64.3 Å². The molecule has 0 unspecified atom stereocenters. The van der Waals surface area contributed by atoms with Crippen molar-refractivity contribution >= 4 is 32.8 Å². The number of carboxylic acid groups (broad SMARTS) is 1. The van der Waals surface area contributed by atoms with Crippen LogP contribution < -0.4 is 4.74 Å². The van der Waals surface area contributed by atoms with Gasteiger partial charge in [0, 0.05) is 5.39 Å². The molecule has 0 radical (unpaired) electrons. The number of rotatable bonds is 4. The third-order valence-corrected chi connectivity index (χ3v) is 4.08. The summed E-state index contributed by atoms with van der Waals surface area (Å²) in [7, 11) is 0. The van der Waals surface area contributed by atoms with Crippen LogP contribution in [0.2, 0.25) is 0 Å². The zero-order valence-corrected chi connectivity index (χ0v) is 13.4. The van der Waals surface area contributed by atoms with Crippen molar-refractivity contribution in [2.45, 2.75) is 6.61 Å². The van der Waals surface area contributed by atoms with Crippen LogP contribution in [0.4, 0.5) is 0 Å². The van der Waals surface area contributed by atoms with E-state index in [9.17, 15) is 15.0 Å². The molecule has 0 bridgehead atoms. The molecule has 6 heteroatoms. The normalized spacial score (nSPS) is 10.7. The fourth-order valence-electron chi connectivity index (χ4n) is 2.21. The number of benzene rings is 2. The van der Waals surface area contributed by atoms with Crippen LogP contribution in [0.15, 0.2) is 53.0 Å². The number of hydrogen-bond acceptors (Lipinski definition) is 4. The van der Waals surface area contributed by atoms with Gasteiger partial charge in [0.2, 0.25) is 0 Å². The summed E-state index contributed by atoms with van der Waals surface area (Å²) in [5, 5.41) is 19.8. The van der Waals surface area contributed by atoms with Gasteiger partial charge in [-0.15, -0.1) is 0 Å². The Morgan fingerprint density at radius 2 is 1.87 bits per heavy atom. The van der Waals surface area contributed by atoms with Crippen molar-refractivity contribution in [3.63, 3.8) is 0 Å². The van der Waals surface area contributed by atoms with E-state index in [-0.39, 0.29) is 15.9 Å². The molecule has 0 amide bonds. The Hall–Kier alpha value is -2.60. The number of nitrogens with zero attached hydrogens (tertiary/aromatic N) is 1. The molecule has 0 fully saturated rings. The van der Waals surface area contributed by atoms with E-state index < -0.39 is 5.97 Å². The number of aromatic carboxylic acids is 1. The number of ether oxygens (including phenoxy) is 1. The summed E-state index contributed by atoms with van der Waals surface area (Å²) >= 11 is 3.07. The Kier molecular flexibility index (Phi) is 4.16. The first-order valence-electron chi connectivity index (χ1n) is 6.79. The lowest BCUT2D eigenvalue weighted by molar-refractivity contribution is 0.0689. The van der Waals surface area contributed by atoms with Crippen LogP contribution >= 0.6 is 15.9 Å². The first kappa shape index (κ1) is 15.3. The van der Waals surface area contributed by atoms with Crippen molar-refractivity contribution in [2.24, 2.45) is 0 Å².